The number of nitrogens with zero attached hydrogens (tertiary/aromatic N) is 1. The van der Waals surface area contributed by atoms with Gasteiger partial charge in [-0.2, -0.15) is 0 Å². The molecule has 0 aliphatic heterocycles. The third-order valence-corrected chi connectivity index (χ3v) is 2.42. The molecule has 1 aromatic heterocycles. The summed E-state index contributed by atoms with van der Waals surface area (Å²) >= 11 is 0. The van der Waals surface area contributed by atoms with Crippen molar-refractivity contribution in [2.75, 3.05) is 5.32 Å². The number of aromatic hydroxyl groups is 1. The Morgan fingerprint density at radius 2 is 2.06 bits per heavy atom. The van der Waals surface area contributed by atoms with E-state index in [2.05, 4.69) is 10.3 Å². The minimum atomic E-state index is -0.336. The quantitative estimate of drug-likeness (QED) is 0.829. The highest BCUT2D eigenvalue weighted by molar-refractivity contribution is 6.06. The van der Waals surface area contributed by atoms with E-state index >= 15 is 0 Å². The van der Waals surface area contributed by atoms with Crippen LogP contribution < -0.4 is 5.32 Å². The number of anilines is 1. The van der Waals surface area contributed by atoms with Crippen LogP contribution in [0.1, 0.15) is 15.9 Å². The van der Waals surface area contributed by atoms with Gasteiger partial charge in [-0.05, 0) is 30.7 Å². The molecular formula is C13H12N2O2. The average molecular weight is 228 g/mol. The fourth-order valence-corrected chi connectivity index (χ4v) is 1.47. The van der Waals surface area contributed by atoms with Crippen LogP contribution in [0.5, 0.6) is 5.75 Å². The zero-order valence-electron chi connectivity index (χ0n) is 9.34. The monoisotopic (exact) mass is 228 g/mol. The first-order chi connectivity index (χ1) is 8.18. The number of phenols is 1. The largest absolute Gasteiger partial charge is 0.507 e. The summed E-state index contributed by atoms with van der Waals surface area (Å²) in [6, 6.07) is 8.14. The smallest absolute Gasteiger partial charge is 0.259 e. The van der Waals surface area contributed by atoms with Crippen molar-refractivity contribution in [3.05, 3.63) is 53.9 Å². The SMILES string of the molecule is Cc1cnccc1NC(=O)c1ccccc1O. The second kappa shape index (κ2) is 4.65. The van der Waals surface area contributed by atoms with Crippen molar-refractivity contribution in [2.45, 2.75) is 6.92 Å². The van der Waals surface area contributed by atoms with E-state index in [0.29, 0.717) is 5.69 Å². The summed E-state index contributed by atoms with van der Waals surface area (Å²) in [6.45, 7) is 1.85. The van der Waals surface area contributed by atoms with Gasteiger partial charge in [0.15, 0.2) is 0 Å². The van der Waals surface area contributed by atoms with E-state index in [0.717, 1.165) is 5.56 Å². The second-order valence-electron chi connectivity index (χ2n) is 3.66. The van der Waals surface area contributed by atoms with Gasteiger partial charge in [-0.25, -0.2) is 0 Å². The number of hydrogen-bond donors (Lipinski definition) is 2. The van der Waals surface area contributed by atoms with Crippen LogP contribution in [-0.2, 0) is 0 Å². The van der Waals surface area contributed by atoms with E-state index < -0.39 is 0 Å². The van der Waals surface area contributed by atoms with Crippen molar-refractivity contribution in [3.8, 4) is 5.75 Å². The number of amides is 1. The summed E-state index contributed by atoms with van der Waals surface area (Å²) in [5, 5.41) is 12.3. The summed E-state index contributed by atoms with van der Waals surface area (Å²) < 4.78 is 0. The lowest BCUT2D eigenvalue weighted by atomic mass is 10.1. The molecule has 2 rings (SSSR count). The lowest BCUT2D eigenvalue weighted by molar-refractivity contribution is 0.102. The lowest BCUT2D eigenvalue weighted by Gasteiger charge is -2.08. The van der Waals surface area contributed by atoms with Gasteiger partial charge in [-0.15, -0.1) is 0 Å². The highest BCUT2D eigenvalue weighted by atomic mass is 16.3. The van der Waals surface area contributed by atoms with Gasteiger partial charge < -0.3 is 10.4 Å². The van der Waals surface area contributed by atoms with Gasteiger partial charge in [0.2, 0.25) is 0 Å². The standard InChI is InChI=1S/C13H12N2O2/c1-9-8-14-7-6-11(9)15-13(17)10-4-2-3-5-12(10)16/h2-8,16H,1H3,(H,14,15,17). The lowest BCUT2D eigenvalue weighted by Crippen LogP contribution is -2.12. The Hall–Kier alpha value is -2.36. The fraction of sp³-hybridized carbons (Fsp3) is 0.0769. The van der Waals surface area contributed by atoms with E-state index in [1.807, 2.05) is 6.92 Å². The van der Waals surface area contributed by atoms with Gasteiger partial charge >= 0.3 is 0 Å². The van der Waals surface area contributed by atoms with Crippen LogP contribution in [0.3, 0.4) is 0 Å². The van der Waals surface area contributed by atoms with Gasteiger partial charge in [-0.1, -0.05) is 12.1 Å². The zero-order valence-corrected chi connectivity index (χ0v) is 9.34. The third-order valence-electron chi connectivity index (χ3n) is 2.42. The average Bonchev–Trinajstić information content (AvgIpc) is 2.32. The number of aromatic nitrogens is 1. The third kappa shape index (κ3) is 2.42. The fourth-order valence-electron chi connectivity index (χ4n) is 1.47. The van der Waals surface area contributed by atoms with Crippen molar-refractivity contribution in [1.82, 2.24) is 4.98 Å². The summed E-state index contributed by atoms with van der Waals surface area (Å²) in [4.78, 5) is 15.8. The maximum Gasteiger partial charge on any atom is 0.259 e. The molecule has 0 aliphatic carbocycles. The molecule has 0 bridgehead atoms. The van der Waals surface area contributed by atoms with Crippen LogP contribution in [0, 0.1) is 6.92 Å². The molecule has 2 aromatic rings. The van der Waals surface area contributed by atoms with Gasteiger partial charge in [0.1, 0.15) is 5.75 Å². The molecule has 0 radical (unpaired) electrons. The number of aryl methyl sites for hydroxylation is 1. The molecule has 0 spiro atoms. The Labute approximate surface area is 98.9 Å². The Morgan fingerprint density at radius 3 is 2.76 bits per heavy atom. The van der Waals surface area contributed by atoms with Crippen molar-refractivity contribution >= 4 is 11.6 Å². The molecule has 2 N–H and O–H groups in total. The number of carbonyl (C=O) groups excluding carboxylic acids is 1. The number of hydrogen-bond acceptors (Lipinski definition) is 3. The molecule has 17 heavy (non-hydrogen) atoms. The van der Waals surface area contributed by atoms with Gasteiger partial charge in [0.05, 0.1) is 5.56 Å². The molecule has 1 heterocycles. The summed E-state index contributed by atoms with van der Waals surface area (Å²) in [6.07, 6.45) is 3.27. The number of phenolic OH excluding ortho intramolecular Hbond substituents is 1. The van der Waals surface area contributed by atoms with Crippen LogP contribution in [0.15, 0.2) is 42.7 Å². The van der Waals surface area contributed by atoms with Crippen LogP contribution in [0.25, 0.3) is 0 Å². The van der Waals surface area contributed by atoms with Gasteiger partial charge in [0, 0.05) is 18.1 Å². The van der Waals surface area contributed by atoms with Crippen molar-refractivity contribution < 1.29 is 9.90 Å². The Kier molecular flexibility index (Phi) is 3.05. The molecule has 0 saturated carbocycles. The van der Waals surface area contributed by atoms with E-state index in [1.165, 1.54) is 6.07 Å². The van der Waals surface area contributed by atoms with E-state index in [4.69, 9.17) is 0 Å². The number of para-hydroxylation sites is 1. The van der Waals surface area contributed by atoms with E-state index in [-0.39, 0.29) is 17.2 Å². The van der Waals surface area contributed by atoms with Crippen molar-refractivity contribution in [1.29, 1.82) is 0 Å². The number of benzene rings is 1. The summed E-state index contributed by atoms with van der Waals surface area (Å²) in [7, 11) is 0. The first-order valence-corrected chi connectivity index (χ1v) is 5.18. The van der Waals surface area contributed by atoms with Crippen LogP contribution in [0.2, 0.25) is 0 Å². The predicted octanol–water partition coefficient (Wildman–Crippen LogP) is 2.35. The van der Waals surface area contributed by atoms with Gasteiger partial charge in [0.25, 0.3) is 5.91 Å². The Morgan fingerprint density at radius 1 is 1.29 bits per heavy atom. The highest BCUT2D eigenvalue weighted by Crippen LogP contribution is 2.18. The van der Waals surface area contributed by atoms with Crippen molar-refractivity contribution in [3.63, 3.8) is 0 Å². The Bertz CT molecular complexity index is 553. The predicted molar refractivity (Wildman–Crippen MR) is 65.0 cm³/mol. The molecule has 0 fully saturated rings. The molecule has 0 atom stereocenters. The highest BCUT2D eigenvalue weighted by Gasteiger charge is 2.10. The molecule has 86 valence electrons. The first-order valence-electron chi connectivity index (χ1n) is 5.18. The Balaban J connectivity index is 2.24. The van der Waals surface area contributed by atoms with E-state index in [1.54, 1.807) is 36.7 Å². The van der Waals surface area contributed by atoms with Crippen molar-refractivity contribution in [2.24, 2.45) is 0 Å². The molecule has 0 aliphatic rings. The minimum Gasteiger partial charge on any atom is -0.507 e. The summed E-state index contributed by atoms with van der Waals surface area (Å²) in [5.41, 5.74) is 1.81. The number of carbonyl (C=O) groups is 1. The number of nitrogens with one attached hydrogen (secondary N) is 1. The van der Waals surface area contributed by atoms with E-state index in [9.17, 15) is 9.90 Å². The zero-order chi connectivity index (χ0) is 12.3. The van der Waals surface area contributed by atoms with Crippen LogP contribution in [-0.4, -0.2) is 16.0 Å². The summed E-state index contributed by atoms with van der Waals surface area (Å²) in [5.74, 6) is -0.367. The van der Waals surface area contributed by atoms with Gasteiger partial charge in [-0.3, -0.25) is 9.78 Å². The maximum absolute atomic E-state index is 11.9. The first kappa shape index (κ1) is 11.1. The minimum absolute atomic E-state index is 0.0308. The molecule has 1 aromatic carbocycles. The molecule has 1 amide bonds. The molecular weight excluding hydrogens is 216 g/mol. The molecule has 4 heteroatoms. The van der Waals surface area contributed by atoms with Crippen LogP contribution >= 0.6 is 0 Å². The number of pyridine rings is 1. The van der Waals surface area contributed by atoms with Crippen LogP contribution in [0.4, 0.5) is 5.69 Å². The molecule has 0 unspecified atom stereocenters. The number of rotatable bonds is 2. The topological polar surface area (TPSA) is 62.2 Å². The second-order valence-corrected chi connectivity index (χ2v) is 3.66. The molecule has 4 nitrogen and oxygen atoms in total. The normalized spacial score (nSPS) is 9.94. The molecule has 0 saturated heterocycles. The maximum atomic E-state index is 11.9.